The minimum absolute atomic E-state index is 0.229. The number of para-hydroxylation sites is 1. The zero-order valence-corrected chi connectivity index (χ0v) is 10.1. The summed E-state index contributed by atoms with van der Waals surface area (Å²) in [5, 5.41) is 10.9. The van der Waals surface area contributed by atoms with Gasteiger partial charge in [-0.3, -0.25) is 9.48 Å². The van der Waals surface area contributed by atoms with Crippen LogP contribution in [0, 0.1) is 0 Å². The molecule has 0 fully saturated rings. The van der Waals surface area contributed by atoms with Crippen molar-refractivity contribution in [1.29, 1.82) is 0 Å². The van der Waals surface area contributed by atoms with Gasteiger partial charge in [0.05, 0.1) is 24.9 Å². The maximum atomic E-state index is 11.0. The summed E-state index contributed by atoms with van der Waals surface area (Å²) in [6, 6.07) is 7.60. The number of aryl methyl sites for hydroxylation is 1. The highest BCUT2D eigenvalue weighted by Gasteiger charge is 2.05. The van der Waals surface area contributed by atoms with Crippen LogP contribution in [0.3, 0.4) is 0 Å². The first-order valence-corrected chi connectivity index (χ1v) is 5.60. The highest BCUT2D eigenvalue weighted by atomic mass is 16.1. The summed E-state index contributed by atoms with van der Waals surface area (Å²) in [5.74, 6) is -0.341. The normalized spacial score (nSPS) is 10.3. The minimum atomic E-state index is -0.341. The third kappa shape index (κ3) is 2.85. The first kappa shape index (κ1) is 12.1. The van der Waals surface area contributed by atoms with Gasteiger partial charge in [0.15, 0.2) is 0 Å². The van der Waals surface area contributed by atoms with Gasteiger partial charge in [0, 0.05) is 12.7 Å². The largest absolute Gasteiger partial charge is 0.379 e. The molecule has 1 amide bonds. The summed E-state index contributed by atoms with van der Waals surface area (Å²) in [7, 11) is 1.83. The number of benzene rings is 1. The summed E-state index contributed by atoms with van der Waals surface area (Å²) < 4.78 is 1.70. The predicted octanol–water partition coefficient (Wildman–Crippen LogP) is 0.455. The molecule has 2 aromatic rings. The molecule has 1 aromatic carbocycles. The molecular formula is C12H15N5O. The van der Waals surface area contributed by atoms with E-state index in [1.54, 1.807) is 10.9 Å². The van der Waals surface area contributed by atoms with Crippen molar-refractivity contribution in [1.82, 2.24) is 15.0 Å². The van der Waals surface area contributed by atoms with Crippen molar-refractivity contribution in [2.75, 3.05) is 5.32 Å². The molecule has 0 bridgehead atoms. The van der Waals surface area contributed by atoms with Gasteiger partial charge in [-0.2, -0.15) is 0 Å². The molecule has 0 aliphatic rings. The second-order valence-electron chi connectivity index (χ2n) is 4.00. The van der Waals surface area contributed by atoms with Gasteiger partial charge in [-0.15, -0.1) is 5.10 Å². The van der Waals surface area contributed by atoms with Crippen molar-refractivity contribution >= 4 is 11.6 Å². The fourth-order valence-electron chi connectivity index (χ4n) is 1.69. The molecule has 0 radical (unpaired) electrons. The molecule has 3 N–H and O–H groups in total. The second kappa shape index (κ2) is 5.31. The van der Waals surface area contributed by atoms with Gasteiger partial charge >= 0.3 is 0 Å². The van der Waals surface area contributed by atoms with Crippen LogP contribution in [0.25, 0.3) is 0 Å². The van der Waals surface area contributed by atoms with Crippen molar-refractivity contribution in [2.24, 2.45) is 12.8 Å². The van der Waals surface area contributed by atoms with E-state index in [1.807, 2.05) is 31.3 Å². The average Bonchev–Trinajstić information content (AvgIpc) is 2.73. The van der Waals surface area contributed by atoms with Gasteiger partial charge in [-0.25, -0.2) is 0 Å². The van der Waals surface area contributed by atoms with Crippen LogP contribution in [-0.2, 0) is 24.8 Å². The summed E-state index contributed by atoms with van der Waals surface area (Å²) in [6.45, 7) is 0.597. The molecule has 0 spiro atoms. The van der Waals surface area contributed by atoms with Crippen LogP contribution in [0.15, 0.2) is 30.5 Å². The van der Waals surface area contributed by atoms with E-state index in [0.717, 1.165) is 16.9 Å². The van der Waals surface area contributed by atoms with Crippen molar-refractivity contribution in [3.05, 3.63) is 41.7 Å². The molecule has 2 rings (SSSR count). The molecule has 0 aliphatic heterocycles. The molecule has 6 nitrogen and oxygen atoms in total. The number of aromatic nitrogens is 3. The third-order valence-electron chi connectivity index (χ3n) is 2.65. The number of primary amides is 1. The maximum absolute atomic E-state index is 11.0. The zero-order chi connectivity index (χ0) is 13.0. The SMILES string of the molecule is Cn1nncc1CNc1ccccc1CC(N)=O. The number of anilines is 1. The summed E-state index contributed by atoms with van der Waals surface area (Å²) >= 11 is 0. The number of nitrogens with zero attached hydrogens (tertiary/aromatic N) is 3. The molecule has 1 heterocycles. The smallest absolute Gasteiger partial charge is 0.221 e. The van der Waals surface area contributed by atoms with Gasteiger partial charge in [0.2, 0.25) is 5.91 Å². The zero-order valence-electron chi connectivity index (χ0n) is 10.1. The number of rotatable bonds is 5. The highest BCUT2D eigenvalue weighted by molar-refractivity contribution is 5.78. The van der Waals surface area contributed by atoms with Crippen molar-refractivity contribution < 1.29 is 4.79 Å². The maximum Gasteiger partial charge on any atom is 0.221 e. The number of carbonyl (C=O) groups is 1. The fourth-order valence-corrected chi connectivity index (χ4v) is 1.69. The quantitative estimate of drug-likeness (QED) is 0.801. The van der Waals surface area contributed by atoms with Crippen LogP contribution < -0.4 is 11.1 Å². The van der Waals surface area contributed by atoms with E-state index in [0.29, 0.717) is 6.54 Å². The number of carbonyl (C=O) groups excluding carboxylic acids is 1. The lowest BCUT2D eigenvalue weighted by Gasteiger charge is -2.10. The van der Waals surface area contributed by atoms with E-state index in [-0.39, 0.29) is 12.3 Å². The molecule has 0 saturated carbocycles. The molecule has 0 unspecified atom stereocenters. The Balaban J connectivity index is 2.09. The summed E-state index contributed by atoms with van der Waals surface area (Å²) in [6.07, 6.45) is 1.93. The van der Waals surface area contributed by atoms with Crippen molar-refractivity contribution in [2.45, 2.75) is 13.0 Å². The van der Waals surface area contributed by atoms with Crippen LogP contribution in [0.5, 0.6) is 0 Å². The number of nitrogens with two attached hydrogens (primary N) is 1. The van der Waals surface area contributed by atoms with Crippen LogP contribution in [0.4, 0.5) is 5.69 Å². The van der Waals surface area contributed by atoms with Crippen LogP contribution in [-0.4, -0.2) is 20.9 Å². The number of hydrogen-bond donors (Lipinski definition) is 2. The van der Waals surface area contributed by atoms with Crippen LogP contribution in [0.2, 0.25) is 0 Å². The Morgan fingerprint density at radius 3 is 2.89 bits per heavy atom. The first-order chi connectivity index (χ1) is 8.66. The molecule has 0 atom stereocenters. The molecule has 1 aromatic heterocycles. The van der Waals surface area contributed by atoms with E-state index in [4.69, 9.17) is 5.73 Å². The van der Waals surface area contributed by atoms with E-state index in [2.05, 4.69) is 15.6 Å². The van der Waals surface area contributed by atoms with Gasteiger partial charge in [-0.05, 0) is 11.6 Å². The highest BCUT2D eigenvalue weighted by Crippen LogP contribution is 2.16. The number of hydrogen-bond acceptors (Lipinski definition) is 4. The lowest BCUT2D eigenvalue weighted by Crippen LogP contribution is -2.15. The Kier molecular flexibility index (Phi) is 3.57. The van der Waals surface area contributed by atoms with Gasteiger partial charge in [0.1, 0.15) is 0 Å². The monoisotopic (exact) mass is 245 g/mol. The molecule has 6 heteroatoms. The Morgan fingerprint density at radius 2 is 2.22 bits per heavy atom. The number of amides is 1. The Bertz CT molecular complexity index is 549. The van der Waals surface area contributed by atoms with Crippen molar-refractivity contribution in [3.63, 3.8) is 0 Å². The molecule has 0 aliphatic carbocycles. The van der Waals surface area contributed by atoms with Crippen molar-refractivity contribution in [3.8, 4) is 0 Å². The van der Waals surface area contributed by atoms with Gasteiger partial charge in [-0.1, -0.05) is 23.4 Å². The minimum Gasteiger partial charge on any atom is -0.379 e. The van der Waals surface area contributed by atoms with Gasteiger partial charge in [0.25, 0.3) is 0 Å². The first-order valence-electron chi connectivity index (χ1n) is 5.60. The summed E-state index contributed by atoms with van der Waals surface area (Å²) in [4.78, 5) is 11.0. The Labute approximate surface area is 105 Å². The standard InChI is InChI=1S/C12H15N5O/c1-17-10(8-15-16-17)7-14-11-5-3-2-4-9(11)6-12(13)18/h2-5,8,14H,6-7H2,1H3,(H2,13,18). The second-order valence-corrected chi connectivity index (χ2v) is 4.00. The van der Waals surface area contributed by atoms with E-state index >= 15 is 0 Å². The van der Waals surface area contributed by atoms with Crippen LogP contribution >= 0.6 is 0 Å². The number of nitrogens with one attached hydrogen (secondary N) is 1. The average molecular weight is 245 g/mol. The van der Waals surface area contributed by atoms with E-state index in [9.17, 15) is 4.79 Å². The molecule has 0 saturated heterocycles. The predicted molar refractivity (Wildman–Crippen MR) is 67.7 cm³/mol. The summed E-state index contributed by atoms with van der Waals surface area (Å²) in [5.41, 5.74) is 7.97. The van der Waals surface area contributed by atoms with E-state index in [1.165, 1.54) is 0 Å². The fraction of sp³-hybridized carbons (Fsp3) is 0.250. The molecule has 18 heavy (non-hydrogen) atoms. The third-order valence-corrected chi connectivity index (χ3v) is 2.65. The molecular weight excluding hydrogens is 230 g/mol. The topological polar surface area (TPSA) is 85.8 Å². The Morgan fingerprint density at radius 1 is 1.44 bits per heavy atom. The molecule has 94 valence electrons. The Hall–Kier alpha value is -2.37. The van der Waals surface area contributed by atoms with Gasteiger partial charge < -0.3 is 11.1 Å². The lowest BCUT2D eigenvalue weighted by atomic mass is 10.1. The van der Waals surface area contributed by atoms with Crippen LogP contribution in [0.1, 0.15) is 11.3 Å². The lowest BCUT2D eigenvalue weighted by molar-refractivity contribution is -0.117. The van der Waals surface area contributed by atoms with E-state index < -0.39 is 0 Å².